The Bertz CT molecular complexity index is 542. The van der Waals surface area contributed by atoms with Gasteiger partial charge in [-0.2, -0.15) is 0 Å². The number of hydrogen-bond donors (Lipinski definition) is 1. The van der Waals surface area contributed by atoms with Gasteiger partial charge in [0.25, 0.3) is 0 Å². The van der Waals surface area contributed by atoms with Crippen molar-refractivity contribution in [1.82, 2.24) is 10.3 Å². The van der Waals surface area contributed by atoms with Gasteiger partial charge < -0.3 is 10.2 Å². The number of nitrogens with one attached hydrogen (secondary N) is 1. The molecule has 0 amide bonds. The van der Waals surface area contributed by atoms with E-state index in [4.69, 9.17) is 0 Å². The minimum atomic E-state index is -0.293. The molecule has 0 saturated carbocycles. The van der Waals surface area contributed by atoms with Crippen LogP contribution < -0.4 is 10.2 Å². The summed E-state index contributed by atoms with van der Waals surface area (Å²) in [5.41, 5.74) is 0.882. The SMILES string of the molecule is CNCc1cc(F)cnc1N(C)C(C)Cc1cccs1. The Kier molecular flexibility index (Phi) is 5.09. The molecule has 3 nitrogen and oxygen atoms in total. The standard InChI is InChI=1S/C15H20FN3S/c1-11(7-14-5-4-6-20-14)19(3)15-12(9-17-2)8-13(16)10-18-15/h4-6,8,10-11,17H,7,9H2,1-3H3. The molecule has 0 fully saturated rings. The van der Waals surface area contributed by atoms with Gasteiger partial charge in [0.1, 0.15) is 11.6 Å². The van der Waals surface area contributed by atoms with Crippen molar-refractivity contribution >= 4 is 17.2 Å². The lowest BCUT2D eigenvalue weighted by molar-refractivity contribution is 0.611. The summed E-state index contributed by atoms with van der Waals surface area (Å²) in [6, 6.07) is 6.06. The van der Waals surface area contributed by atoms with E-state index in [9.17, 15) is 4.39 Å². The van der Waals surface area contributed by atoms with Crippen molar-refractivity contribution in [3.05, 3.63) is 46.0 Å². The number of rotatable bonds is 6. The predicted molar refractivity (Wildman–Crippen MR) is 82.8 cm³/mol. The van der Waals surface area contributed by atoms with Crippen molar-refractivity contribution in [3.8, 4) is 0 Å². The summed E-state index contributed by atoms with van der Waals surface area (Å²) in [4.78, 5) is 7.73. The van der Waals surface area contributed by atoms with Crippen molar-refractivity contribution < 1.29 is 4.39 Å². The highest BCUT2D eigenvalue weighted by molar-refractivity contribution is 7.09. The van der Waals surface area contributed by atoms with E-state index in [0.29, 0.717) is 12.6 Å². The van der Waals surface area contributed by atoms with E-state index in [-0.39, 0.29) is 5.82 Å². The largest absolute Gasteiger partial charge is 0.356 e. The molecule has 0 aliphatic carbocycles. The van der Waals surface area contributed by atoms with Gasteiger partial charge in [0, 0.05) is 36.5 Å². The Labute approximate surface area is 123 Å². The number of pyridine rings is 1. The molecule has 1 unspecified atom stereocenters. The number of halogens is 1. The highest BCUT2D eigenvalue weighted by Gasteiger charge is 2.16. The molecule has 0 spiro atoms. The lowest BCUT2D eigenvalue weighted by Gasteiger charge is -2.27. The number of nitrogens with zero attached hydrogens (tertiary/aromatic N) is 2. The highest BCUT2D eigenvalue weighted by atomic mass is 32.1. The van der Waals surface area contributed by atoms with Crippen molar-refractivity contribution in [1.29, 1.82) is 0 Å². The molecule has 2 heterocycles. The third-order valence-electron chi connectivity index (χ3n) is 3.35. The first-order chi connectivity index (χ1) is 9.61. The molecule has 0 aliphatic rings. The molecule has 5 heteroatoms. The maximum atomic E-state index is 13.3. The van der Waals surface area contributed by atoms with Crippen LogP contribution in [0, 0.1) is 5.82 Å². The van der Waals surface area contributed by atoms with E-state index in [1.807, 2.05) is 14.1 Å². The molecule has 2 aromatic heterocycles. The molecule has 2 aromatic rings. The van der Waals surface area contributed by atoms with Gasteiger partial charge in [-0.25, -0.2) is 9.37 Å². The fourth-order valence-electron chi connectivity index (χ4n) is 2.18. The molecule has 0 bridgehead atoms. The Morgan fingerprint density at radius 1 is 1.50 bits per heavy atom. The molecule has 108 valence electrons. The summed E-state index contributed by atoms with van der Waals surface area (Å²) in [6.45, 7) is 2.77. The first kappa shape index (κ1) is 14.9. The predicted octanol–water partition coefficient (Wildman–Crippen LogP) is 3.07. The molecular formula is C15H20FN3S. The zero-order valence-electron chi connectivity index (χ0n) is 12.1. The van der Waals surface area contributed by atoms with Gasteiger partial charge in [-0.3, -0.25) is 0 Å². The second-order valence-corrected chi connectivity index (χ2v) is 5.94. The third kappa shape index (κ3) is 3.55. The zero-order chi connectivity index (χ0) is 14.5. The van der Waals surface area contributed by atoms with E-state index >= 15 is 0 Å². The van der Waals surface area contributed by atoms with E-state index in [2.05, 4.69) is 39.6 Å². The van der Waals surface area contributed by atoms with Crippen LogP contribution in [-0.2, 0) is 13.0 Å². The van der Waals surface area contributed by atoms with Crippen LogP contribution in [0.3, 0.4) is 0 Å². The second-order valence-electron chi connectivity index (χ2n) is 4.91. The zero-order valence-corrected chi connectivity index (χ0v) is 12.9. The third-order valence-corrected chi connectivity index (χ3v) is 4.25. The van der Waals surface area contributed by atoms with Gasteiger partial charge in [0.05, 0.1) is 6.20 Å². The van der Waals surface area contributed by atoms with Crippen LogP contribution in [0.15, 0.2) is 29.8 Å². The molecule has 20 heavy (non-hydrogen) atoms. The Morgan fingerprint density at radius 2 is 2.30 bits per heavy atom. The topological polar surface area (TPSA) is 28.2 Å². The van der Waals surface area contributed by atoms with Gasteiger partial charge in [0.15, 0.2) is 0 Å². The fourth-order valence-corrected chi connectivity index (χ4v) is 3.00. The van der Waals surface area contributed by atoms with Gasteiger partial charge in [0.2, 0.25) is 0 Å². The normalized spacial score (nSPS) is 12.4. The van der Waals surface area contributed by atoms with Crippen LogP contribution >= 0.6 is 11.3 Å². The van der Waals surface area contributed by atoms with Crippen LogP contribution in [0.4, 0.5) is 10.2 Å². The van der Waals surface area contributed by atoms with Crippen molar-refractivity contribution in [2.75, 3.05) is 19.0 Å². The van der Waals surface area contributed by atoms with Gasteiger partial charge >= 0.3 is 0 Å². The molecule has 0 aromatic carbocycles. The minimum Gasteiger partial charge on any atom is -0.356 e. The van der Waals surface area contributed by atoms with E-state index in [1.165, 1.54) is 11.1 Å². The first-order valence-electron chi connectivity index (χ1n) is 6.66. The van der Waals surface area contributed by atoms with Gasteiger partial charge in [-0.1, -0.05) is 6.07 Å². The van der Waals surface area contributed by atoms with E-state index in [1.54, 1.807) is 17.4 Å². The number of thiophene rings is 1. The lowest BCUT2D eigenvalue weighted by Crippen LogP contribution is -2.32. The van der Waals surface area contributed by atoms with Crippen molar-refractivity contribution in [3.63, 3.8) is 0 Å². The number of aromatic nitrogens is 1. The molecule has 1 N–H and O–H groups in total. The average Bonchev–Trinajstić information content (AvgIpc) is 2.91. The summed E-state index contributed by atoms with van der Waals surface area (Å²) >= 11 is 1.76. The van der Waals surface area contributed by atoms with Gasteiger partial charge in [-0.15, -0.1) is 11.3 Å². The van der Waals surface area contributed by atoms with Crippen molar-refractivity contribution in [2.24, 2.45) is 0 Å². The van der Waals surface area contributed by atoms with Crippen LogP contribution in [0.1, 0.15) is 17.4 Å². The number of likely N-dealkylation sites (N-methyl/N-ethyl adjacent to an activating group) is 1. The summed E-state index contributed by atoms with van der Waals surface area (Å²) < 4.78 is 13.3. The highest BCUT2D eigenvalue weighted by Crippen LogP contribution is 2.22. The summed E-state index contributed by atoms with van der Waals surface area (Å²) in [7, 11) is 3.86. The van der Waals surface area contributed by atoms with Crippen LogP contribution in [-0.4, -0.2) is 25.1 Å². The molecule has 1 atom stereocenters. The summed E-state index contributed by atoms with van der Waals surface area (Å²) in [5, 5.41) is 5.15. The minimum absolute atomic E-state index is 0.293. The molecule has 2 rings (SSSR count). The summed E-state index contributed by atoms with van der Waals surface area (Å²) in [5.74, 6) is 0.545. The molecular weight excluding hydrogens is 273 g/mol. The molecule has 0 saturated heterocycles. The number of hydrogen-bond acceptors (Lipinski definition) is 4. The average molecular weight is 293 g/mol. The Hall–Kier alpha value is -1.46. The Morgan fingerprint density at radius 3 is 2.95 bits per heavy atom. The monoisotopic (exact) mass is 293 g/mol. The maximum Gasteiger partial charge on any atom is 0.141 e. The van der Waals surface area contributed by atoms with E-state index < -0.39 is 0 Å². The van der Waals surface area contributed by atoms with E-state index in [0.717, 1.165) is 17.8 Å². The van der Waals surface area contributed by atoms with Crippen LogP contribution in [0.25, 0.3) is 0 Å². The second kappa shape index (κ2) is 6.81. The summed E-state index contributed by atoms with van der Waals surface area (Å²) in [6.07, 6.45) is 2.25. The lowest BCUT2D eigenvalue weighted by atomic mass is 10.1. The van der Waals surface area contributed by atoms with Crippen LogP contribution in [0.5, 0.6) is 0 Å². The molecule has 0 radical (unpaired) electrons. The first-order valence-corrected chi connectivity index (χ1v) is 7.54. The van der Waals surface area contributed by atoms with Crippen LogP contribution in [0.2, 0.25) is 0 Å². The number of anilines is 1. The maximum absolute atomic E-state index is 13.3. The quantitative estimate of drug-likeness (QED) is 0.887. The smallest absolute Gasteiger partial charge is 0.141 e. The van der Waals surface area contributed by atoms with Crippen molar-refractivity contribution in [2.45, 2.75) is 25.9 Å². The fraction of sp³-hybridized carbons (Fsp3) is 0.400. The van der Waals surface area contributed by atoms with Gasteiger partial charge in [-0.05, 0) is 31.5 Å². The molecule has 0 aliphatic heterocycles. The Balaban J connectivity index is 2.17.